The Balaban J connectivity index is 2.05. The Hall–Kier alpha value is -1.61. The van der Waals surface area contributed by atoms with Crippen LogP contribution in [0.5, 0.6) is 0 Å². The van der Waals surface area contributed by atoms with Crippen molar-refractivity contribution in [1.82, 2.24) is 9.78 Å². The van der Waals surface area contributed by atoms with Crippen LogP contribution in [0, 0.1) is 6.92 Å². The van der Waals surface area contributed by atoms with Gasteiger partial charge in [0.1, 0.15) is 5.69 Å². The smallest absolute Gasteiger partial charge is 0.182 e. The normalized spacial score (nSPS) is 10.8. The lowest BCUT2D eigenvalue weighted by Gasteiger charge is -2.06. The first-order valence-electron chi connectivity index (χ1n) is 6.92. The van der Waals surface area contributed by atoms with Crippen molar-refractivity contribution >= 4 is 17.4 Å². The molecule has 0 N–H and O–H groups in total. The minimum absolute atomic E-state index is 0.0570. The second kappa shape index (κ2) is 6.71. The van der Waals surface area contributed by atoms with Gasteiger partial charge in [-0.15, -0.1) is 0 Å². The summed E-state index contributed by atoms with van der Waals surface area (Å²) in [6.45, 7) is 4.83. The van der Waals surface area contributed by atoms with Crippen LogP contribution in [0.3, 0.4) is 0 Å². The van der Waals surface area contributed by atoms with Gasteiger partial charge in [-0.2, -0.15) is 5.10 Å². The van der Waals surface area contributed by atoms with E-state index in [1.807, 2.05) is 0 Å². The summed E-state index contributed by atoms with van der Waals surface area (Å²) in [7, 11) is 0. The summed E-state index contributed by atoms with van der Waals surface area (Å²) in [6.07, 6.45) is 3.66. The standard InChI is InChI=1S/C16H19ClN2O/c1-3-10-19-16(14(17)11-18-19)15(20)9-8-13-6-4-12(2)5-7-13/h4-7,11H,3,8-10H2,1-2H3. The molecule has 106 valence electrons. The predicted octanol–water partition coefficient (Wildman–Crippen LogP) is 4.07. The van der Waals surface area contributed by atoms with E-state index >= 15 is 0 Å². The van der Waals surface area contributed by atoms with Crippen LogP contribution in [0.1, 0.15) is 41.4 Å². The molecule has 0 spiro atoms. The first-order chi connectivity index (χ1) is 9.61. The van der Waals surface area contributed by atoms with E-state index in [0.717, 1.165) is 19.4 Å². The lowest BCUT2D eigenvalue weighted by atomic mass is 10.0. The average Bonchev–Trinajstić information content (AvgIpc) is 2.79. The van der Waals surface area contributed by atoms with Crippen molar-refractivity contribution in [2.45, 2.75) is 39.7 Å². The maximum atomic E-state index is 12.3. The van der Waals surface area contributed by atoms with E-state index in [1.54, 1.807) is 10.9 Å². The fourth-order valence-electron chi connectivity index (χ4n) is 2.15. The molecule has 1 aromatic heterocycles. The number of aromatic nitrogens is 2. The van der Waals surface area contributed by atoms with Gasteiger partial charge < -0.3 is 0 Å². The SMILES string of the molecule is CCCn1ncc(Cl)c1C(=O)CCc1ccc(C)cc1. The van der Waals surface area contributed by atoms with Crippen molar-refractivity contribution < 1.29 is 4.79 Å². The van der Waals surface area contributed by atoms with Crippen molar-refractivity contribution in [1.29, 1.82) is 0 Å². The molecule has 0 atom stereocenters. The summed E-state index contributed by atoms with van der Waals surface area (Å²) >= 11 is 6.07. The lowest BCUT2D eigenvalue weighted by molar-refractivity contribution is 0.0972. The molecule has 0 fully saturated rings. The Morgan fingerprint density at radius 1 is 1.30 bits per heavy atom. The Labute approximate surface area is 124 Å². The molecule has 2 rings (SSSR count). The van der Waals surface area contributed by atoms with Gasteiger partial charge >= 0.3 is 0 Å². The Morgan fingerprint density at radius 2 is 2.00 bits per heavy atom. The molecule has 0 saturated heterocycles. The monoisotopic (exact) mass is 290 g/mol. The number of rotatable bonds is 6. The fourth-order valence-corrected chi connectivity index (χ4v) is 2.40. The molecule has 0 aliphatic carbocycles. The highest BCUT2D eigenvalue weighted by molar-refractivity contribution is 6.33. The molecule has 0 bridgehead atoms. The zero-order valence-electron chi connectivity index (χ0n) is 11.9. The molecule has 0 amide bonds. The van der Waals surface area contributed by atoms with Crippen molar-refractivity contribution in [3.63, 3.8) is 0 Å². The Kier molecular flexibility index (Phi) is 4.96. The van der Waals surface area contributed by atoms with Gasteiger partial charge in [-0.05, 0) is 25.3 Å². The number of carbonyl (C=O) groups is 1. The van der Waals surface area contributed by atoms with E-state index in [2.05, 4.69) is 43.2 Å². The first kappa shape index (κ1) is 14.8. The van der Waals surface area contributed by atoms with Crippen LogP contribution in [0.15, 0.2) is 30.5 Å². The quantitative estimate of drug-likeness (QED) is 0.752. The topological polar surface area (TPSA) is 34.9 Å². The minimum atomic E-state index is 0.0570. The minimum Gasteiger partial charge on any atom is -0.292 e. The molecular weight excluding hydrogens is 272 g/mol. The first-order valence-corrected chi connectivity index (χ1v) is 7.29. The molecule has 0 aliphatic heterocycles. The highest BCUT2D eigenvalue weighted by atomic mass is 35.5. The Bertz CT molecular complexity index is 587. The molecule has 0 saturated carbocycles. The third-order valence-corrected chi connectivity index (χ3v) is 3.53. The van der Waals surface area contributed by atoms with Crippen LogP contribution in [0.2, 0.25) is 5.02 Å². The number of aryl methyl sites for hydroxylation is 3. The molecular formula is C16H19ClN2O. The van der Waals surface area contributed by atoms with Crippen LogP contribution in [-0.2, 0) is 13.0 Å². The van der Waals surface area contributed by atoms with Gasteiger partial charge in [-0.25, -0.2) is 0 Å². The number of ketones is 1. The van der Waals surface area contributed by atoms with Crippen molar-refractivity contribution in [2.24, 2.45) is 0 Å². The van der Waals surface area contributed by atoms with Crippen molar-refractivity contribution in [2.75, 3.05) is 0 Å². The maximum absolute atomic E-state index is 12.3. The van der Waals surface area contributed by atoms with Gasteiger partial charge in [0.25, 0.3) is 0 Å². The average molecular weight is 291 g/mol. The zero-order valence-corrected chi connectivity index (χ0v) is 12.7. The maximum Gasteiger partial charge on any atom is 0.182 e. The third-order valence-electron chi connectivity index (χ3n) is 3.26. The fraction of sp³-hybridized carbons (Fsp3) is 0.375. The van der Waals surface area contributed by atoms with Crippen LogP contribution in [-0.4, -0.2) is 15.6 Å². The van der Waals surface area contributed by atoms with Crippen molar-refractivity contribution in [3.8, 4) is 0 Å². The summed E-state index contributed by atoms with van der Waals surface area (Å²) < 4.78 is 1.71. The second-order valence-corrected chi connectivity index (χ2v) is 5.38. The molecule has 20 heavy (non-hydrogen) atoms. The third kappa shape index (κ3) is 3.48. The summed E-state index contributed by atoms with van der Waals surface area (Å²) in [6, 6.07) is 8.25. The van der Waals surface area contributed by atoms with Gasteiger partial charge in [-0.3, -0.25) is 9.48 Å². The van der Waals surface area contributed by atoms with E-state index in [4.69, 9.17) is 11.6 Å². The summed E-state index contributed by atoms with van der Waals surface area (Å²) in [5.41, 5.74) is 2.94. The number of nitrogens with zero attached hydrogens (tertiary/aromatic N) is 2. The van der Waals surface area contributed by atoms with Crippen LogP contribution >= 0.6 is 11.6 Å². The van der Waals surface area contributed by atoms with E-state index in [0.29, 0.717) is 17.1 Å². The summed E-state index contributed by atoms with van der Waals surface area (Å²) in [4.78, 5) is 12.3. The summed E-state index contributed by atoms with van der Waals surface area (Å²) in [5.74, 6) is 0.0570. The van der Waals surface area contributed by atoms with Gasteiger partial charge in [0, 0.05) is 13.0 Å². The zero-order chi connectivity index (χ0) is 14.5. The molecule has 2 aromatic rings. The number of hydrogen-bond acceptors (Lipinski definition) is 2. The highest BCUT2D eigenvalue weighted by Gasteiger charge is 2.16. The van der Waals surface area contributed by atoms with E-state index < -0.39 is 0 Å². The largest absolute Gasteiger partial charge is 0.292 e. The van der Waals surface area contributed by atoms with Gasteiger partial charge in [0.2, 0.25) is 0 Å². The number of carbonyl (C=O) groups excluding carboxylic acids is 1. The molecule has 0 radical (unpaired) electrons. The molecule has 0 aliphatic rings. The number of benzene rings is 1. The van der Waals surface area contributed by atoms with Gasteiger partial charge in [0.15, 0.2) is 5.78 Å². The van der Waals surface area contributed by atoms with Gasteiger partial charge in [0.05, 0.1) is 11.2 Å². The molecule has 3 nitrogen and oxygen atoms in total. The predicted molar refractivity (Wildman–Crippen MR) is 81.4 cm³/mol. The number of hydrogen-bond donors (Lipinski definition) is 0. The number of Topliss-reactive ketones (excluding diaryl/α,β-unsaturated/α-hetero) is 1. The van der Waals surface area contributed by atoms with Crippen LogP contribution < -0.4 is 0 Å². The summed E-state index contributed by atoms with van der Waals surface area (Å²) in [5, 5.41) is 4.61. The lowest BCUT2D eigenvalue weighted by Crippen LogP contribution is -2.11. The molecule has 1 heterocycles. The van der Waals surface area contributed by atoms with E-state index in [-0.39, 0.29) is 5.78 Å². The van der Waals surface area contributed by atoms with E-state index in [1.165, 1.54) is 11.1 Å². The number of halogens is 1. The molecule has 1 aromatic carbocycles. The van der Waals surface area contributed by atoms with E-state index in [9.17, 15) is 4.79 Å². The van der Waals surface area contributed by atoms with Crippen LogP contribution in [0.4, 0.5) is 0 Å². The molecule has 0 unspecified atom stereocenters. The van der Waals surface area contributed by atoms with Gasteiger partial charge in [-0.1, -0.05) is 48.4 Å². The molecule has 4 heteroatoms. The van der Waals surface area contributed by atoms with Crippen LogP contribution in [0.25, 0.3) is 0 Å². The van der Waals surface area contributed by atoms with Crippen molar-refractivity contribution in [3.05, 3.63) is 52.3 Å². The second-order valence-electron chi connectivity index (χ2n) is 4.97. The highest BCUT2D eigenvalue weighted by Crippen LogP contribution is 2.18. The Morgan fingerprint density at radius 3 is 2.65 bits per heavy atom.